The van der Waals surface area contributed by atoms with Gasteiger partial charge in [0, 0.05) is 10.9 Å². The van der Waals surface area contributed by atoms with Crippen LogP contribution in [0.2, 0.25) is 0 Å². The normalized spacial score (nSPS) is 11.3. The molecular formula is C17H12N2O2. The Labute approximate surface area is 120 Å². The smallest absolute Gasteiger partial charge is 0.259 e. The van der Waals surface area contributed by atoms with Gasteiger partial charge in [-0.3, -0.25) is 4.79 Å². The van der Waals surface area contributed by atoms with Gasteiger partial charge < -0.3 is 9.40 Å². The van der Waals surface area contributed by atoms with Gasteiger partial charge in [0.2, 0.25) is 0 Å². The van der Waals surface area contributed by atoms with Crippen molar-refractivity contribution in [2.75, 3.05) is 0 Å². The fraction of sp³-hybridized carbons (Fsp3) is 0.0588. The van der Waals surface area contributed by atoms with Crippen molar-refractivity contribution in [1.82, 2.24) is 9.97 Å². The van der Waals surface area contributed by atoms with Crippen LogP contribution in [-0.4, -0.2) is 9.97 Å². The molecule has 0 radical (unpaired) electrons. The van der Waals surface area contributed by atoms with E-state index in [2.05, 4.69) is 9.97 Å². The van der Waals surface area contributed by atoms with Crippen LogP contribution in [0, 0.1) is 6.92 Å². The molecule has 0 atom stereocenters. The largest absolute Gasteiger partial charge is 0.453 e. The van der Waals surface area contributed by atoms with Gasteiger partial charge in [-0.2, -0.15) is 0 Å². The SMILES string of the molecule is Cc1c(-c2nc3ccccc3c(=O)[nH]2)oc2ccccc12. The molecule has 2 aromatic carbocycles. The Bertz CT molecular complexity index is 1030. The lowest BCUT2D eigenvalue weighted by Crippen LogP contribution is -2.09. The van der Waals surface area contributed by atoms with Gasteiger partial charge in [-0.25, -0.2) is 4.98 Å². The fourth-order valence-corrected chi connectivity index (χ4v) is 2.59. The molecule has 0 spiro atoms. The number of nitrogens with zero attached hydrogens (tertiary/aromatic N) is 1. The topological polar surface area (TPSA) is 58.9 Å². The Kier molecular flexibility index (Phi) is 2.44. The first kappa shape index (κ1) is 11.9. The van der Waals surface area contributed by atoms with Crippen molar-refractivity contribution in [2.45, 2.75) is 6.92 Å². The molecule has 0 fully saturated rings. The Morgan fingerprint density at radius 3 is 2.52 bits per heavy atom. The third kappa shape index (κ3) is 1.76. The summed E-state index contributed by atoms with van der Waals surface area (Å²) in [6.07, 6.45) is 0. The maximum Gasteiger partial charge on any atom is 0.259 e. The summed E-state index contributed by atoms with van der Waals surface area (Å²) in [5, 5.41) is 1.61. The van der Waals surface area contributed by atoms with Crippen LogP contribution in [0.15, 0.2) is 57.7 Å². The zero-order valence-electron chi connectivity index (χ0n) is 11.4. The summed E-state index contributed by atoms with van der Waals surface area (Å²) in [5.41, 5.74) is 2.27. The number of aryl methyl sites for hydroxylation is 1. The molecule has 0 amide bonds. The van der Waals surface area contributed by atoms with Crippen LogP contribution in [-0.2, 0) is 0 Å². The van der Waals surface area contributed by atoms with Gasteiger partial charge in [0.25, 0.3) is 5.56 Å². The van der Waals surface area contributed by atoms with E-state index in [1.54, 1.807) is 6.07 Å². The number of H-pyrrole nitrogens is 1. The summed E-state index contributed by atoms with van der Waals surface area (Å²) in [6, 6.07) is 15.1. The molecule has 4 heteroatoms. The monoisotopic (exact) mass is 276 g/mol. The van der Waals surface area contributed by atoms with Crippen LogP contribution in [0.25, 0.3) is 33.5 Å². The first-order valence-electron chi connectivity index (χ1n) is 6.71. The van der Waals surface area contributed by atoms with Crippen molar-refractivity contribution in [3.8, 4) is 11.6 Å². The number of rotatable bonds is 1. The zero-order valence-corrected chi connectivity index (χ0v) is 11.4. The highest BCUT2D eigenvalue weighted by atomic mass is 16.3. The number of fused-ring (bicyclic) bond motifs is 2. The first-order chi connectivity index (χ1) is 10.2. The van der Waals surface area contributed by atoms with E-state index >= 15 is 0 Å². The van der Waals surface area contributed by atoms with Crippen molar-refractivity contribution < 1.29 is 4.42 Å². The highest BCUT2D eigenvalue weighted by molar-refractivity contribution is 5.87. The minimum absolute atomic E-state index is 0.157. The molecule has 0 aliphatic heterocycles. The zero-order chi connectivity index (χ0) is 14.4. The van der Waals surface area contributed by atoms with E-state index in [4.69, 9.17) is 4.42 Å². The van der Waals surface area contributed by atoms with E-state index in [1.807, 2.05) is 49.4 Å². The fourth-order valence-electron chi connectivity index (χ4n) is 2.59. The highest BCUT2D eigenvalue weighted by Crippen LogP contribution is 2.30. The molecule has 0 saturated heterocycles. The molecule has 2 aromatic heterocycles. The maximum absolute atomic E-state index is 12.2. The second-order valence-corrected chi connectivity index (χ2v) is 4.98. The lowest BCUT2D eigenvalue weighted by Gasteiger charge is -2.01. The standard InChI is InChI=1S/C17H12N2O2/c1-10-11-6-3-5-9-14(11)21-15(10)16-18-13-8-4-2-7-12(13)17(20)19-16/h2-9H,1H3,(H,18,19,20). The summed E-state index contributed by atoms with van der Waals surface area (Å²) in [5.74, 6) is 1.08. The molecule has 4 aromatic rings. The molecule has 4 rings (SSSR count). The van der Waals surface area contributed by atoms with E-state index < -0.39 is 0 Å². The number of furan rings is 1. The number of hydrogen-bond donors (Lipinski definition) is 1. The van der Waals surface area contributed by atoms with Crippen molar-refractivity contribution in [3.05, 3.63) is 64.4 Å². The minimum Gasteiger partial charge on any atom is -0.453 e. The number of aromatic nitrogens is 2. The molecule has 0 aliphatic carbocycles. The van der Waals surface area contributed by atoms with E-state index in [1.165, 1.54) is 0 Å². The predicted molar refractivity (Wildman–Crippen MR) is 82.3 cm³/mol. The molecule has 0 aliphatic rings. The number of hydrogen-bond acceptors (Lipinski definition) is 3. The van der Waals surface area contributed by atoms with Crippen molar-refractivity contribution in [2.24, 2.45) is 0 Å². The molecule has 0 bridgehead atoms. The van der Waals surface area contributed by atoms with Crippen molar-refractivity contribution >= 4 is 21.9 Å². The van der Waals surface area contributed by atoms with E-state index in [9.17, 15) is 4.79 Å². The number of nitrogens with one attached hydrogen (secondary N) is 1. The third-order valence-corrected chi connectivity index (χ3v) is 3.67. The molecule has 0 saturated carbocycles. The molecule has 1 N–H and O–H groups in total. The summed E-state index contributed by atoms with van der Waals surface area (Å²) < 4.78 is 5.86. The summed E-state index contributed by atoms with van der Waals surface area (Å²) in [6.45, 7) is 1.97. The van der Waals surface area contributed by atoms with Crippen molar-refractivity contribution in [1.29, 1.82) is 0 Å². The highest BCUT2D eigenvalue weighted by Gasteiger charge is 2.15. The van der Waals surface area contributed by atoms with Gasteiger partial charge in [-0.15, -0.1) is 0 Å². The molecule has 2 heterocycles. The Morgan fingerprint density at radius 2 is 1.71 bits per heavy atom. The molecule has 21 heavy (non-hydrogen) atoms. The van der Waals surface area contributed by atoms with E-state index in [0.29, 0.717) is 22.5 Å². The van der Waals surface area contributed by atoms with Gasteiger partial charge in [-0.05, 0) is 25.1 Å². The second-order valence-electron chi connectivity index (χ2n) is 4.98. The minimum atomic E-state index is -0.157. The summed E-state index contributed by atoms with van der Waals surface area (Å²) in [7, 11) is 0. The van der Waals surface area contributed by atoms with Crippen LogP contribution in [0.5, 0.6) is 0 Å². The molecular weight excluding hydrogens is 264 g/mol. The van der Waals surface area contributed by atoms with Crippen LogP contribution < -0.4 is 5.56 Å². The second kappa shape index (κ2) is 4.31. The molecule has 0 unspecified atom stereocenters. The summed E-state index contributed by atoms with van der Waals surface area (Å²) >= 11 is 0. The average molecular weight is 276 g/mol. The van der Waals surface area contributed by atoms with Crippen LogP contribution >= 0.6 is 0 Å². The van der Waals surface area contributed by atoms with Crippen molar-refractivity contribution in [3.63, 3.8) is 0 Å². The van der Waals surface area contributed by atoms with Gasteiger partial charge in [0.15, 0.2) is 11.6 Å². The summed E-state index contributed by atoms with van der Waals surface area (Å²) in [4.78, 5) is 19.5. The number of aromatic amines is 1. The van der Waals surface area contributed by atoms with E-state index in [-0.39, 0.29) is 5.56 Å². The van der Waals surface area contributed by atoms with Gasteiger partial charge in [0.1, 0.15) is 5.58 Å². The van der Waals surface area contributed by atoms with Gasteiger partial charge in [0.05, 0.1) is 10.9 Å². The average Bonchev–Trinajstić information content (AvgIpc) is 2.85. The first-order valence-corrected chi connectivity index (χ1v) is 6.71. The lowest BCUT2D eigenvalue weighted by atomic mass is 10.1. The third-order valence-electron chi connectivity index (χ3n) is 3.67. The Hall–Kier alpha value is -2.88. The van der Waals surface area contributed by atoms with Gasteiger partial charge in [-0.1, -0.05) is 30.3 Å². The Morgan fingerprint density at radius 1 is 1.00 bits per heavy atom. The number of para-hydroxylation sites is 2. The number of benzene rings is 2. The van der Waals surface area contributed by atoms with Gasteiger partial charge >= 0.3 is 0 Å². The predicted octanol–water partition coefficient (Wildman–Crippen LogP) is 3.64. The Balaban J connectivity index is 2.04. The van der Waals surface area contributed by atoms with E-state index in [0.717, 1.165) is 16.5 Å². The quantitative estimate of drug-likeness (QED) is 0.577. The lowest BCUT2D eigenvalue weighted by molar-refractivity contribution is 0.623. The molecule has 4 nitrogen and oxygen atoms in total. The maximum atomic E-state index is 12.2. The molecule has 102 valence electrons. The van der Waals surface area contributed by atoms with Crippen LogP contribution in [0.3, 0.4) is 0 Å². The van der Waals surface area contributed by atoms with Crippen LogP contribution in [0.1, 0.15) is 5.56 Å². The van der Waals surface area contributed by atoms with Crippen LogP contribution in [0.4, 0.5) is 0 Å².